The Morgan fingerprint density at radius 2 is 1.89 bits per heavy atom. The van der Waals surface area contributed by atoms with Crippen molar-refractivity contribution in [2.45, 2.75) is 11.3 Å². The summed E-state index contributed by atoms with van der Waals surface area (Å²) in [5.41, 5.74) is 8.47. The summed E-state index contributed by atoms with van der Waals surface area (Å²) in [6.45, 7) is 0.667. The minimum Gasteiger partial charge on any atom is -0.396 e. The van der Waals surface area contributed by atoms with Gasteiger partial charge < -0.3 is 11.1 Å². The van der Waals surface area contributed by atoms with Gasteiger partial charge in [0.2, 0.25) is 16.0 Å². The summed E-state index contributed by atoms with van der Waals surface area (Å²) in [7, 11) is -3.62. The molecule has 3 aromatic heterocycles. The maximum Gasteiger partial charge on any atom is 0.240 e. The number of sulfonamides is 1. The predicted molar refractivity (Wildman–Crippen MR) is 144 cm³/mol. The van der Waals surface area contributed by atoms with Crippen molar-refractivity contribution in [3.63, 3.8) is 0 Å². The van der Waals surface area contributed by atoms with Gasteiger partial charge in [-0.05, 0) is 55.0 Å². The summed E-state index contributed by atoms with van der Waals surface area (Å²) < 4.78 is 43.0. The van der Waals surface area contributed by atoms with E-state index < -0.39 is 15.8 Å². The molecule has 0 saturated carbocycles. The molecule has 2 aromatic carbocycles. The van der Waals surface area contributed by atoms with Gasteiger partial charge in [-0.15, -0.1) is 11.3 Å². The van der Waals surface area contributed by atoms with E-state index in [-0.39, 0.29) is 17.1 Å². The van der Waals surface area contributed by atoms with Crippen LogP contribution >= 0.6 is 22.9 Å². The van der Waals surface area contributed by atoms with E-state index in [2.05, 4.69) is 20.0 Å². The van der Waals surface area contributed by atoms with Crippen LogP contribution in [0.4, 0.5) is 16.0 Å². The number of hydrogen-bond acceptors (Lipinski definition) is 8. The average Bonchev–Trinajstić information content (AvgIpc) is 3.47. The summed E-state index contributed by atoms with van der Waals surface area (Å²) in [4.78, 5) is 14.5. The zero-order valence-corrected chi connectivity index (χ0v) is 21.6. The topological polar surface area (TPSA) is 127 Å². The third-order valence-corrected chi connectivity index (χ3v) is 7.97. The fourth-order valence-corrected chi connectivity index (χ4v) is 5.60. The van der Waals surface area contributed by atoms with E-state index in [9.17, 15) is 12.8 Å². The first-order chi connectivity index (χ1) is 17.8. The Bertz CT molecular complexity index is 1670. The van der Waals surface area contributed by atoms with Gasteiger partial charge in [0, 0.05) is 41.4 Å². The number of aromatic nitrogens is 4. The van der Waals surface area contributed by atoms with Crippen LogP contribution in [0, 0.1) is 5.82 Å². The second-order valence-corrected chi connectivity index (χ2v) is 11.1. The van der Waals surface area contributed by atoms with Gasteiger partial charge >= 0.3 is 0 Å². The lowest BCUT2D eigenvalue weighted by atomic mass is 10.1. The molecule has 190 valence electrons. The maximum absolute atomic E-state index is 13.8. The molecule has 13 heteroatoms. The van der Waals surface area contributed by atoms with Crippen molar-refractivity contribution in [3.8, 4) is 22.6 Å². The van der Waals surface area contributed by atoms with E-state index in [0.29, 0.717) is 40.9 Å². The molecule has 0 saturated heterocycles. The van der Waals surface area contributed by atoms with Crippen LogP contribution in [0.5, 0.6) is 0 Å². The molecule has 0 atom stereocenters. The number of benzene rings is 2. The molecule has 5 aromatic rings. The van der Waals surface area contributed by atoms with Crippen molar-refractivity contribution in [2.75, 3.05) is 24.1 Å². The smallest absolute Gasteiger partial charge is 0.240 e. The molecule has 37 heavy (non-hydrogen) atoms. The number of fused-ring (bicyclic) bond motifs is 1. The lowest BCUT2D eigenvalue weighted by Crippen LogP contribution is -2.26. The highest BCUT2D eigenvalue weighted by molar-refractivity contribution is 7.89. The molecule has 0 aliphatic carbocycles. The van der Waals surface area contributed by atoms with Crippen molar-refractivity contribution in [3.05, 3.63) is 77.1 Å². The van der Waals surface area contributed by atoms with Crippen LogP contribution in [-0.4, -0.2) is 40.9 Å². The summed E-state index contributed by atoms with van der Waals surface area (Å²) >= 11 is 7.29. The highest BCUT2D eigenvalue weighted by Gasteiger charge is 2.19. The van der Waals surface area contributed by atoms with Crippen LogP contribution in [-0.2, 0) is 10.0 Å². The molecule has 0 unspecified atom stereocenters. The highest BCUT2D eigenvalue weighted by atomic mass is 35.5. The van der Waals surface area contributed by atoms with Crippen LogP contribution in [0.1, 0.15) is 6.42 Å². The second-order valence-electron chi connectivity index (χ2n) is 8.00. The van der Waals surface area contributed by atoms with Gasteiger partial charge in [0.15, 0.2) is 4.96 Å². The van der Waals surface area contributed by atoms with Crippen LogP contribution in [0.2, 0.25) is 5.02 Å². The average molecular weight is 558 g/mol. The van der Waals surface area contributed by atoms with E-state index in [4.69, 9.17) is 22.3 Å². The van der Waals surface area contributed by atoms with Gasteiger partial charge in [-0.3, -0.25) is 4.40 Å². The lowest BCUT2D eigenvalue weighted by molar-refractivity contribution is 0.580. The van der Waals surface area contributed by atoms with Crippen LogP contribution in [0.25, 0.3) is 27.6 Å². The molecule has 0 bridgehead atoms. The number of rotatable bonds is 9. The Morgan fingerprint density at radius 1 is 1.08 bits per heavy atom. The van der Waals surface area contributed by atoms with Crippen LogP contribution in [0.3, 0.4) is 0 Å². The molecule has 0 spiro atoms. The largest absolute Gasteiger partial charge is 0.396 e. The Balaban J connectivity index is 1.29. The number of nitrogens with zero attached hydrogens (tertiary/aromatic N) is 4. The second kappa shape index (κ2) is 10.4. The third-order valence-electron chi connectivity index (χ3n) is 5.48. The summed E-state index contributed by atoms with van der Waals surface area (Å²) in [6, 6.07) is 12.2. The van der Waals surface area contributed by atoms with E-state index in [1.165, 1.54) is 41.7 Å². The van der Waals surface area contributed by atoms with E-state index in [0.717, 1.165) is 10.7 Å². The summed E-state index contributed by atoms with van der Waals surface area (Å²) in [6.07, 6.45) is 4.02. The number of nitrogens with one attached hydrogen (secondary N) is 2. The van der Waals surface area contributed by atoms with Crippen molar-refractivity contribution in [1.29, 1.82) is 0 Å². The van der Waals surface area contributed by atoms with Crippen molar-refractivity contribution in [1.82, 2.24) is 24.1 Å². The Labute approximate surface area is 221 Å². The molecule has 5 rings (SSSR count). The standard InChI is InChI=1S/C24H21ClFN7O2S2/c25-16-3-5-17(6-4-16)37(34,35)30-10-1-9-28-23-29-11-8-20(31-23)22-21(32-24-33(22)12-13-36-24)15-2-7-18(26)19(27)14-15/h2-8,11-14,30H,1,9-10,27H2,(H,28,29,31). The monoisotopic (exact) mass is 557 g/mol. The first kappa shape index (κ1) is 25.1. The molecule has 4 N–H and O–H groups in total. The fraction of sp³-hybridized carbons (Fsp3) is 0.125. The Hall–Kier alpha value is -3.58. The van der Waals surface area contributed by atoms with Crippen molar-refractivity contribution >= 4 is 49.6 Å². The zero-order chi connectivity index (χ0) is 26.0. The molecule has 0 aliphatic rings. The minimum atomic E-state index is -3.62. The summed E-state index contributed by atoms with van der Waals surface area (Å²) in [5, 5.41) is 5.51. The highest BCUT2D eigenvalue weighted by Crippen LogP contribution is 2.34. The first-order valence-corrected chi connectivity index (χ1v) is 13.9. The van der Waals surface area contributed by atoms with E-state index in [1.54, 1.807) is 24.4 Å². The molecule has 0 fully saturated rings. The van der Waals surface area contributed by atoms with Gasteiger partial charge in [0.1, 0.15) is 11.5 Å². The number of nitrogens with two attached hydrogens (primary N) is 1. The molecule has 9 nitrogen and oxygen atoms in total. The number of anilines is 2. The van der Waals surface area contributed by atoms with Gasteiger partial charge in [0.25, 0.3) is 0 Å². The van der Waals surface area contributed by atoms with Gasteiger partial charge in [-0.25, -0.2) is 32.5 Å². The molecule has 0 radical (unpaired) electrons. The van der Waals surface area contributed by atoms with Crippen molar-refractivity contribution in [2.24, 2.45) is 0 Å². The zero-order valence-electron chi connectivity index (χ0n) is 19.2. The lowest BCUT2D eigenvalue weighted by Gasteiger charge is -2.09. The quantitative estimate of drug-likeness (QED) is 0.177. The number of halogens is 2. The van der Waals surface area contributed by atoms with Gasteiger partial charge in [-0.1, -0.05) is 11.6 Å². The van der Waals surface area contributed by atoms with Crippen LogP contribution < -0.4 is 15.8 Å². The molecular weight excluding hydrogens is 537 g/mol. The van der Waals surface area contributed by atoms with Gasteiger partial charge in [0.05, 0.1) is 22.0 Å². The number of imidazole rings is 1. The SMILES string of the molecule is Nc1cc(-c2nc3sccn3c2-c2ccnc(NCCCNS(=O)(=O)c3ccc(Cl)cc3)n2)ccc1F. The van der Waals surface area contributed by atoms with E-state index in [1.807, 2.05) is 16.0 Å². The number of nitrogen functional groups attached to an aromatic ring is 1. The minimum absolute atomic E-state index is 0.0385. The predicted octanol–water partition coefficient (Wildman–Crippen LogP) is 4.68. The Kier molecular flexibility index (Phi) is 7.07. The molecule has 0 amide bonds. The number of hydrogen-bond donors (Lipinski definition) is 3. The van der Waals surface area contributed by atoms with Crippen LogP contribution in [0.15, 0.2) is 71.2 Å². The molecule has 0 aliphatic heterocycles. The van der Waals surface area contributed by atoms with Gasteiger partial charge in [-0.2, -0.15) is 0 Å². The van der Waals surface area contributed by atoms with Crippen molar-refractivity contribution < 1.29 is 12.8 Å². The third kappa shape index (κ3) is 5.42. The fourth-order valence-electron chi connectivity index (χ4n) is 3.69. The number of thiazole rings is 1. The Morgan fingerprint density at radius 3 is 2.68 bits per heavy atom. The van der Waals surface area contributed by atoms with E-state index >= 15 is 0 Å². The summed E-state index contributed by atoms with van der Waals surface area (Å²) in [5.74, 6) is -0.108. The first-order valence-electron chi connectivity index (χ1n) is 11.2. The normalized spacial score (nSPS) is 11.7. The molecular formula is C24H21ClFN7O2S2. The maximum atomic E-state index is 13.8. The molecule has 3 heterocycles.